The zero-order chi connectivity index (χ0) is 21.4. The van der Waals surface area contributed by atoms with E-state index in [1.165, 1.54) is 9.50 Å². The molecule has 1 aliphatic rings. The van der Waals surface area contributed by atoms with Gasteiger partial charge >= 0.3 is 0 Å². The number of benzene rings is 2. The molecule has 1 aliphatic heterocycles. The number of para-hydroxylation sites is 1. The minimum Gasteiger partial charge on any atom is -0.357 e. The molecule has 5 rings (SSSR count). The second-order valence-corrected chi connectivity index (χ2v) is 9.08. The predicted octanol–water partition coefficient (Wildman–Crippen LogP) is 4.29. The zero-order valence-corrected chi connectivity index (χ0v) is 18.3. The summed E-state index contributed by atoms with van der Waals surface area (Å²) in [5.74, 6) is 0.0132. The first-order chi connectivity index (χ1) is 15.1. The molecule has 1 saturated heterocycles. The highest BCUT2D eigenvalue weighted by atomic mass is 32.1. The Bertz CT molecular complexity index is 1190. The number of likely N-dealkylation sites (tertiary alicyclic amines) is 1. The first kappa shape index (κ1) is 19.7. The molecule has 1 fully saturated rings. The number of aryl methyl sites for hydroxylation is 1. The van der Waals surface area contributed by atoms with Crippen LogP contribution >= 0.6 is 11.3 Å². The number of anilines is 1. The summed E-state index contributed by atoms with van der Waals surface area (Å²) >= 11 is 1.65. The molecule has 1 N–H and O–H groups in total. The Labute approximate surface area is 184 Å². The number of piperidine rings is 1. The lowest BCUT2D eigenvalue weighted by Gasteiger charge is -2.38. The van der Waals surface area contributed by atoms with Gasteiger partial charge in [-0.15, -0.1) is 0 Å². The Hall–Kier alpha value is -3.26. The highest BCUT2D eigenvalue weighted by Crippen LogP contribution is 2.29. The van der Waals surface area contributed by atoms with Gasteiger partial charge in [-0.25, -0.2) is 4.98 Å². The number of rotatable bonds is 4. The van der Waals surface area contributed by atoms with Gasteiger partial charge in [-0.2, -0.15) is 15.0 Å². The number of amides is 1. The van der Waals surface area contributed by atoms with Gasteiger partial charge in [0, 0.05) is 18.6 Å². The van der Waals surface area contributed by atoms with Crippen molar-refractivity contribution in [2.45, 2.75) is 38.8 Å². The minimum absolute atomic E-state index is 0.0132. The first-order valence-electron chi connectivity index (χ1n) is 10.5. The zero-order valence-electron chi connectivity index (χ0n) is 17.5. The van der Waals surface area contributed by atoms with Gasteiger partial charge < -0.3 is 10.2 Å². The molecule has 0 aliphatic carbocycles. The average molecular weight is 433 g/mol. The van der Waals surface area contributed by atoms with Crippen molar-refractivity contribution in [3.63, 3.8) is 0 Å². The molecule has 3 heterocycles. The van der Waals surface area contributed by atoms with Gasteiger partial charge in [0.05, 0.1) is 33.9 Å². The van der Waals surface area contributed by atoms with Crippen LogP contribution in [0.5, 0.6) is 0 Å². The number of fused-ring (bicyclic) bond motifs is 1. The first-order valence-corrected chi connectivity index (χ1v) is 11.3. The fraction of sp³-hybridized carbons (Fsp3) is 0.304. The van der Waals surface area contributed by atoms with Crippen LogP contribution in [0.1, 0.15) is 35.7 Å². The van der Waals surface area contributed by atoms with Crippen LogP contribution in [-0.4, -0.2) is 49.4 Å². The lowest BCUT2D eigenvalue weighted by molar-refractivity contribution is 0.0621. The number of nitrogens with one attached hydrogen (secondary N) is 1. The Morgan fingerprint density at radius 1 is 1.13 bits per heavy atom. The van der Waals surface area contributed by atoms with Crippen LogP contribution in [0, 0.1) is 6.92 Å². The van der Waals surface area contributed by atoms with Crippen molar-refractivity contribution >= 4 is 32.6 Å². The van der Waals surface area contributed by atoms with Gasteiger partial charge in [0.2, 0.25) is 0 Å². The van der Waals surface area contributed by atoms with Gasteiger partial charge in [-0.1, -0.05) is 35.1 Å². The number of carbonyl (C=O) groups excluding carboxylic acids is 1. The van der Waals surface area contributed by atoms with E-state index in [4.69, 9.17) is 4.98 Å². The standard InChI is InChI=1S/C23H24N6OS/c1-15-7-10-20(29-24-11-12-25-29)18(13-15)22(30)28-14-17(9-8-16(28)2)26-23-27-19-5-3-4-6-21(19)31-23/h3-7,10-13,16-17H,8-9,14H2,1-2H3,(H,26,27)/t16-,17-/m1/s1. The number of carbonyl (C=O) groups is 1. The topological polar surface area (TPSA) is 75.9 Å². The van der Waals surface area contributed by atoms with Crippen LogP contribution in [-0.2, 0) is 0 Å². The summed E-state index contributed by atoms with van der Waals surface area (Å²) in [7, 11) is 0. The Kier molecular flexibility index (Phi) is 5.15. The van der Waals surface area contributed by atoms with E-state index in [9.17, 15) is 4.79 Å². The lowest BCUT2D eigenvalue weighted by Crippen LogP contribution is -2.49. The van der Waals surface area contributed by atoms with E-state index in [2.05, 4.69) is 28.5 Å². The van der Waals surface area contributed by atoms with Crippen LogP contribution < -0.4 is 5.32 Å². The predicted molar refractivity (Wildman–Crippen MR) is 123 cm³/mol. The number of nitrogens with zero attached hydrogens (tertiary/aromatic N) is 5. The Balaban J connectivity index is 1.39. The van der Waals surface area contributed by atoms with E-state index in [-0.39, 0.29) is 18.0 Å². The molecular weight excluding hydrogens is 408 g/mol. The van der Waals surface area contributed by atoms with Crippen molar-refractivity contribution < 1.29 is 4.79 Å². The maximum absolute atomic E-state index is 13.6. The molecule has 1 amide bonds. The van der Waals surface area contributed by atoms with E-state index in [0.29, 0.717) is 17.8 Å². The van der Waals surface area contributed by atoms with Crippen LogP contribution in [0.25, 0.3) is 15.9 Å². The summed E-state index contributed by atoms with van der Waals surface area (Å²) in [6, 6.07) is 14.3. The summed E-state index contributed by atoms with van der Waals surface area (Å²) in [5, 5.41) is 12.9. The fourth-order valence-corrected chi connectivity index (χ4v) is 5.05. The van der Waals surface area contributed by atoms with Crippen molar-refractivity contribution in [3.05, 3.63) is 66.0 Å². The summed E-state index contributed by atoms with van der Waals surface area (Å²) in [4.78, 5) is 21.8. The number of aromatic nitrogens is 4. The summed E-state index contributed by atoms with van der Waals surface area (Å²) in [5.41, 5.74) is 3.37. The Morgan fingerprint density at radius 2 is 1.94 bits per heavy atom. The van der Waals surface area contributed by atoms with Crippen molar-refractivity contribution in [2.75, 3.05) is 11.9 Å². The molecular formula is C23H24N6OS. The molecule has 0 bridgehead atoms. The largest absolute Gasteiger partial charge is 0.357 e. The molecule has 2 aromatic carbocycles. The molecule has 31 heavy (non-hydrogen) atoms. The van der Waals surface area contributed by atoms with Crippen LogP contribution in [0.15, 0.2) is 54.9 Å². The summed E-state index contributed by atoms with van der Waals surface area (Å²) in [6.07, 6.45) is 5.18. The molecule has 0 saturated carbocycles. The highest BCUT2D eigenvalue weighted by molar-refractivity contribution is 7.22. The van der Waals surface area contributed by atoms with Gasteiger partial charge in [0.15, 0.2) is 5.13 Å². The fourth-order valence-electron chi connectivity index (χ4n) is 4.11. The van der Waals surface area contributed by atoms with E-state index in [1.54, 1.807) is 23.7 Å². The normalized spacial score (nSPS) is 19.0. The minimum atomic E-state index is 0.0132. The third kappa shape index (κ3) is 3.90. The summed E-state index contributed by atoms with van der Waals surface area (Å²) < 4.78 is 1.17. The molecule has 4 aromatic rings. The Morgan fingerprint density at radius 3 is 2.74 bits per heavy atom. The third-order valence-electron chi connectivity index (χ3n) is 5.78. The van der Waals surface area contributed by atoms with E-state index >= 15 is 0 Å². The number of hydrogen-bond acceptors (Lipinski definition) is 6. The van der Waals surface area contributed by atoms with Crippen molar-refractivity contribution in [3.8, 4) is 5.69 Å². The number of thiazole rings is 1. The second kappa shape index (κ2) is 8.11. The van der Waals surface area contributed by atoms with Gasteiger partial charge in [0.1, 0.15) is 0 Å². The summed E-state index contributed by atoms with van der Waals surface area (Å²) in [6.45, 7) is 4.75. The SMILES string of the molecule is Cc1ccc(-n2nccn2)c(C(=O)N2C[C@H](Nc3nc4ccccc4s3)CC[C@H]2C)c1. The molecule has 158 valence electrons. The van der Waals surface area contributed by atoms with Crippen molar-refractivity contribution in [1.29, 1.82) is 0 Å². The third-order valence-corrected chi connectivity index (χ3v) is 6.75. The maximum atomic E-state index is 13.6. The maximum Gasteiger partial charge on any atom is 0.256 e. The van der Waals surface area contributed by atoms with E-state index < -0.39 is 0 Å². The molecule has 2 atom stereocenters. The molecule has 0 spiro atoms. The molecule has 8 heteroatoms. The quantitative estimate of drug-likeness (QED) is 0.521. The average Bonchev–Trinajstić information content (AvgIpc) is 3.44. The van der Waals surface area contributed by atoms with Crippen molar-refractivity contribution in [1.82, 2.24) is 24.9 Å². The molecule has 0 unspecified atom stereocenters. The van der Waals surface area contributed by atoms with Gasteiger partial charge in [-0.3, -0.25) is 4.79 Å². The molecule has 7 nitrogen and oxygen atoms in total. The monoisotopic (exact) mass is 432 g/mol. The molecule has 2 aromatic heterocycles. The second-order valence-electron chi connectivity index (χ2n) is 8.05. The van der Waals surface area contributed by atoms with E-state index in [1.807, 2.05) is 48.2 Å². The highest BCUT2D eigenvalue weighted by Gasteiger charge is 2.31. The smallest absolute Gasteiger partial charge is 0.256 e. The van der Waals surface area contributed by atoms with Gasteiger partial charge in [0.25, 0.3) is 5.91 Å². The van der Waals surface area contributed by atoms with Crippen molar-refractivity contribution in [2.24, 2.45) is 0 Å². The van der Waals surface area contributed by atoms with Crippen LogP contribution in [0.3, 0.4) is 0 Å². The molecule has 0 radical (unpaired) electrons. The van der Waals surface area contributed by atoms with Gasteiger partial charge in [-0.05, 0) is 51.0 Å². The van der Waals surface area contributed by atoms with Crippen LogP contribution in [0.4, 0.5) is 5.13 Å². The lowest BCUT2D eigenvalue weighted by atomic mass is 9.97. The van der Waals surface area contributed by atoms with Crippen LogP contribution in [0.2, 0.25) is 0 Å². The number of hydrogen-bond donors (Lipinski definition) is 1. The van der Waals surface area contributed by atoms with E-state index in [0.717, 1.165) is 29.1 Å².